The van der Waals surface area contributed by atoms with Gasteiger partial charge in [0.05, 0.1) is 6.54 Å². The number of hydrogen-bond donors (Lipinski definition) is 1. The predicted molar refractivity (Wildman–Crippen MR) is 75.7 cm³/mol. The molecule has 1 saturated carbocycles. The van der Waals surface area contributed by atoms with Crippen LogP contribution in [-0.4, -0.2) is 20.5 Å². The standard InChI is InChI=1S/C13H24N4S/c1-2-3-4-5-6-9-18-13-16-15-12(10-14)17(13)11-7-8-11/h11H,2-10,14H2,1H3. The zero-order chi connectivity index (χ0) is 12.8. The molecule has 2 rings (SSSR count). The van der Waals surface area contributed by atoms with Crippen molar-refractivity contribution in [2.75, 3.05) is 5.75 Å². The van der Waals surface area contributed by atoms with Gasteiger partial charge in [0.2, 0.25) is 0 Å². The maximum atomic E-state index is 5.71. The molecule has 1 aliphatic rings. The van der Waals surface area contributed by atoms with Gasteiger partial charge in [-0.05, 0) is 19.3 Å². The van der Waals surface area contributed by atoms with Gasteiger partial charge in [-0.2, -0.15) is 0 Å². The Bertz CT molecular complexity index is 360. The Labute approximate surface area is 114 Å². The fourth-order valence-electron chi connectivity index (χ4n) is 2.11. The molecule has 2 N–H and O–H groups in total. The Morgan fingerprint density at radius 3 is 2.67 bits per heavy atom. The van der Waals surface area contributed by atoms with Crippen molar-refractivity contribution in [2.24, 2.45) is 5.73 Å². The molecule has 0 spiro atoms. The van der Waals surface area contributed by atoms with Crippen LogP contribution in [0, 0.1) is 0 Å². The molecule has 0 aliphatic heterocycles. The van der Waals surface area contributed by atoms with Gasteiger partial charge >= 0.3 is 0 Å². The summed E-state index contributed by atoms with van der Waals surface area (Å²) < 4.78 is 2.26. The molecule has 0 atom stereocenters. The number of thioether (sulfide) groups is 1. The van der Waals surface area contributed by atoms with Crippen molar-refractivity contribution >= 4 is 11.8 Å². The van der Waals surface area contributed by atoms with Gasteiger partial charge in [-0.15, -0.1) is 10.2 Å². The molecule has 0 unspecified atom stereocenters. The second-order valence-electron chi connectivity index (χ2n) is 4.97. The molecular weight excluding hydrogens is 244 g/mol. The second kappa shape index (κ2) is 7.14. The van der Waals surface area contributed by atoms with Crippen LogP contribution in [-0.2, 0) is 6.54 Å². The molecule has 1 fully saturated rings. The van der Waals surface area contributed by atoms with Gasteiger partial charge in [-0.1, -0.05) is 44.4 Å². The van der Waals surface area contributed by atoms with Gasteiger partial charge in [0.1, 0.15) is 5.82 Å². The van der Waals surface area contributed by atoms with Crippen LogP contribution in [0.4, 0.5) is 0 Å². The van der Waals surface area contributed by atoms with E-state index in [0.717, 1.165) is 16.7 Å². The van der Waals surface area contributed by atoms with Gasteiger partial charge in [0.15, 0.2) is 5.16 Å². The molecule has 1 heterocycles. The van der Waals surface area contributed by atoms with Crippen molar-refractivity contribution in [1.29, 1.82) is 0 Å². The van der Waals surface area contributed by atoms with Crippen molar-refractivity contribution in [3.05, 3.63) is 5.82 Å². The van der Waals surface area contributed by atoms with E-state index in [9.17, 15) is 0 Å². The summed E-state index contributed by atoms with van der Waals surface area (Å²) in [5, 5.41) is 9.55. The van der Waals surface area contributed by atoms with Crippen LogP contribution in [0.5, 0.6) is 0 Å². The molecule has 0 aromatic carbocycles. The van der Waals surface area contributed by atoms with E-state index in [0.29, 0.717) is 12.6 Å². The SMILES string of the molecule is CCCCCCCSc1nnc(CN)n1C1CC1. The van der Waals surface area contributed by atoms with Crippen LogP contribution in [0.25, 0.3) is 0 Å². The van der Waals surface area contributed by atoms with Crippen LogP contribution >= 0.6 is 11.8 Å². The summed E-state index contributed by atoms with van der Waals surface area (Å²) in [6.07, 6.45) is 9.16. The molecule has 102 valence electrons. The highest BCUT2D eigenvalue weighted by Gasteiger charge is 2.28. The summed E-state index contributed by atoms with van der Waals surface area (Å²) in [5.74, 6) is 2.10. The highest BCUT2D eigenvalue weighted by molar-refractivity contribution is 7.99. The number of unbranched alkanes of at least 4 members (excludes halogenated alkanes) is 4. The third-order valence-corrected chi connectivity index (χ3v) is 4.34. The Kier molecular flexibility index (Phi) is 5.50. The molecule has 5 heteroatoms. The van der Waals surface area contributed by atoms with Crippen LogP contribution in [0.2, 0.25) is 0 Å². The second-order valence-corrected chi connectivity index (χ2v) is 6.03. The van der Waals surface area contributed by atoms with Gasteiger partial charge < -0.3 is 10.3 Å². The van der Waals surface area contributed by atoms with Crippen molar-refractivity contribution in [3.63, 3.8) is 0 Å². The van der Waals surface area contributed by atoms with E-state index in [1.165, 1.54) is 44.9 Å². The van der Waals surface area contributed by atoms with Gasteiger partial charge in [-0.25, -0.2) is 0 Å². The number of aromatic nitrogens is 3. The molecule has 4 nitrogen and oxygen atoms in total. The molecule has 0 radical (unpaired) electrons. The molecular formula is C13H24N4S. The largest absolute Gasteiger partial charge is 0.324 e. The number of nitrogens with two attached hydrogens (primary N) is 1. The minimum atomic E-state index is 0.501. The third-order valence-electron chi connectivity index (χ3n) is 3.31. The van der Waals surface area contributed by atoms with E-state index < -0.39 is 0 Å². The van der Waals surface area contributed by atoms with Crippen molar-refractivity contribution in [3.8, 4) is 0 Å². The molecule has 0 saturated heterocycles. The predicted octanol–water partition coefficient (Wildman–Crippen LogP) is 3.13. The smallest absolute Gasteiger partial charge is 0.191 e. The summed E-state index contributed by atoms with van der Waals surface area (Å²) in [6, 6.07) is 0.626. The lowest BCUT2D eigenvalue weighted by atomic mass is 10.2. The van der Waals surface area contributed by atoms with Crippen LogP contribution in [0.3, 0.4) is 0 Å². The zero-order valence-electron chi connectivity index (χ0n) is 11.3. The minimum Gasteiger partial charge on any atom is -0.324 e. The molecule has 1 aliphatic carbocycles. The first-order valence-electron chi connectivity index (χ1n) is 7.13. The monoisotopic (exact) mass is 268 g/mol. The Balaban J connectivity index is 1.76. The first-order valence-corrected chi connectivity index (χ1v) is 8.12. The molecule has 18 heavy (non-hydrogen) atoms. The van der Waals surface area contributed by atoms with Crippen molar-refractivity contribution in [2.45, 2.75) is 69.6 Å². The van der Waals surface area contributed by atoms with Crippen LogP contribution in [0.1, 0.15) is 63.7 Å². The Hall–Kier alpha value is -0.550. The summed E-state index contributed by atoms with van der Waals surface area (Å²) in [5.41, 5.74) is 5.71. The summed E-state index contributed by atoms with van der Waals surface area (Å²) in [4.78, 5) is 0. The molecule has 0 bridgehead atoms. The van der Waals surface area contributed by atoms with Crippen LogP contribution < -0.4 is 5.73 Å². The van der Waals surface area contributed by atoms with Crippen LogP contribution in [0.15, 0.2) is 5.16 Å². The minimum absolute atomic E-state index is 0.501. The number of rotatable bonds is 9. The fraction of sp³-hybridized carbons (Fsp3) is 0.846. The van der Waals surface area contributed by atoms with E-state index in [1.807, 2.05) is 11.8 Å². The lowest BCUT2D eigenvalue weighted by Gasteiger charge is -2.07. The highest BCUT2D eigenvalue weighted by atomic mass is 32.2. The lowest BCUT2D eigenvalue weighted by molar-refractivity contribution is 0.624. The molecule has 1 aromatic rings. The van der Waals surface area contributed by atoms with E-state index in [1.54, 1.807) is 0 Å². The average molecular weight is 268 g/mol. The molecule has 0 amide bonds. The van der Waals surface area contributed by atoms with Gasteiger partial charge in [0.25, 0.3) is 0 Å². The Morgan fingerprint density at radius 1 is 1.22 bits per heavy atom. The van der Waals surface area contributed by atoms with Crippen molar-refractivity contribution < 1.29 is 0 Å². The molecule has 1 aromatic heterocycles. The maximum Gasteiger partial charge on any atom is 0.191 e. The quantitative estimate of drug-likeness (QED) is 0.552. The Morgan fingerprint density at radius 2 is 2.00 bits per heavy atom. The first kappa shape index (κ1) is 13.9. The van der Waals surface area contributed by atoms with E-state index in [2.05, 4.69) is 21.7 Å². The average Bonchev–Trinajstić information content (AvgIpc) is 3.14. The maximum absolute atomic E-state index is 5.71. The normalized spacial score (nSPS) is 15.2. The zero-order valence-corrected chi connectivity index (χ0v) is 12.1. The summed E-state index contributed by atoms with van der Waals surface area (Å²) in [7, 11) is 0. The van der Waals surface area contributed by atoms with E-state index >= 15 is 0 Å². The highest BCUT2D eigenvalue weighted by Crippen LogP contribution is 2.38. The lowest BCUT2D eigenvalue weighted by Crippen LogP contribution is -2.08. The first-order chi connectivity index (χ1) is 8.86. The van der Waals surface area contributed by atoms with Gasteiger partial charge in [-0.3, -0.25) is 0 Å². The summed E-state index contributed by atoms with van der Waals surface area (Å²) >= 11 is 1.84. The van der Waals surface area contributed by atoms with Crippen molar-refractivity contribution in [1.82, 2.24) is 14.8 Å². The topological polar surface area (TPSA) is 56.7 Å². The van der Waals surface area contributed by atoms with E-state index in [4.69, 9.17) is 5.73 Å². The third kappa shape index (κ3) is 3.72. The van der Waals surface area contributed by atoms with E-state index in [-0.39, 0.29) is 0 Å². The van der Waals surface area contributed by atoms with Gasteiger partial charge in [0, 0.05) is 11.8 Å². The number of hydrogen-bond acceptors (Lipinski definition) is 4. The number of nitrogens with zero attached hydrogens (tertiary/aromatic N) is 3. The summed E-state index contributed by atoms with van der Waals surface area (Å²) in [6.45, 7) is 2.75. The fourth-order valence-corrected chi connectivity index (χ4v) is 3.14.